The topological polar surface area (TPSA) is 75.3 Å². The molecule has 0 saturated heterocycles. The Labute approximate surface area is 135 Å². The Morgan fingerprint density at radius 3 is 2.00 bits per heavy atom. The van der Waals surface area contributed by atoms with Crippen molar-refractivity contribution in [2.75, 3.05) is 11.1 Å². The monoisotopic (exact) mass is 388 g/mol. The molecule has 4 nitrogen and oxygen atoms in total. The van der Waals surface area contributed by atoms with Crippen LogP contribution in [0.3, 0.4) is 0 Å². The maximum Gasteiger partial charge on any atom is 0.425 e. The summed E-state index contributed by atoms with van der Waals surface area (Å²) in [5, 5.41) is 10.2. The molecule has 0 heterocycles. The fourth-order valence-corrected chi connectivity index (χ4v) is 1.43. The van der Waals surface area contributed by atoms with Crippen molar-refractivity contribution in [3.8, 4) is 5.75 Å². The molecule has 0 bridgehead atoms. The molecule has 1 unspecified atom stereocenters. The number of phenolic OH excluding ortho intramolecular Hbond substituents is 1. The third-order valence-electron chi connectivity index (χ3n) is 2.51. The Kier molecular flexibility index (Phi) is 6.30. The number of benzene rings is 1. The average molecular weight is 389 g/mol. The normalized spacial score (nSPS) is 13.8. The molecule has 0 aliphatic rings. The molecule has 0 aliphatic carbocycles. The second kappa shape index (κ2) is 6.87. The van der Waals surface area contributed by atoms with Crippen LogP contribution in [0.15, 0.2) is 18.2 Å². The first kappa shape index (κ1) is 22.0. The first-order valence-electron chi connectivity index (χ1n) is 5.57. The Balaban J connectivity index is 0.00000529. The maximum absolute atomic E-state index is 13.3. The molecule has 13 heteroatoms. The summed E-state index contributed by atoms with van der Waals surface area (Å²) in [6, 6.07) is 2.27. The average Bonchev–Trinajstić information content (AvgIpc) is 2.34. The number of alkyl halides is 8. The van der Waals surface area contributed by atoms with Crippen molar-refractivity contribution in [2.45, 2.75) is 24.2 Å². The molecule has 0 aliphatic heterocycles. The van der Waals surface area contributed by atoms with Crippen molar-refractivity contribution in [2.24, 2.45) is 0 Å². The van der Waals surface area contributed by atoms with Gasteiger partial charge in [-0.3, -0.25) is 4.79 Å². The number of hydrogen-bond acceptors (Lipinski definition) is 3. The molecule has 138 valence electrons. The van der Waals surface area contributed by atoms with E-state index >= 15 is 0 Å². The van der Waals surface area contributed by atoms with Gasteiger partial charge in [-0.1, -0.05) is 0 Å². The van der Waals surface area contributed by atoms with Crippen LogP contribution in [0.4, 0.5) is 46.5 Å². The zero-order valence-electron chi connectivity index (χ0n) is 11.2. The van der Waals surface area contributed by atoms with Crippen LogP contribution in [0.25, 0.3) is 0 Å². The summed E-state index contributed by atoms with van der Waals surface area (Å²) < 4.78 is 101. The Morgan fingerprint density at radius 2 is 1.58 bits per heavy atom. The molecular formula is C11H9ClF8N2O2. The van der Waals surface area contributed by atoms with E-state index < -0.39 is 41.5 Å². The van der Waals surface area contributed by atoms with E-state index in [9.17, 15) is 39.9 Å². The number of aromatic hydroxyl groups is 1. The highest BCUT2D eigenvalue weighted by molar-refractivity contribution is 5.97. The van der Waals surface area contributed by atoms with E-state index in [1.165, 1.54) is 0 Å². The van der Waals surface area contributed by atoms with Gasteiger partial charge in [-0.15, -0.1) is 12.4 Å². The number of nitrogens with one attached hydrogen (secondary N) is 1. The molecule has 1 atom stereocenters. The lowest BCUT2D eigenvalue weighted by molar-refractivity contribution is -0.295. The van der Waals surface area contributed by atoms with E-state index in [1.807, 2.05) is 0 Å². The molecule has 0 spiro atoms. The van der Waals surface area contributed by atoms with E-state index in [-0.39, 0.29) is 18.1 Å². The van der Waals surface area contributed by atoms with Crippen LogP contribution in [0.5, 0.6) is 5.75 Å². The van der Waals surface area contributed by atoms with Crippen LogP contribution in [0, 0.1) is 0 Å². The lowest BCUT2D eigenvalue weighted by Gasteiger charge is -2.28. The molecule has 24 heavy (non-hydrogen) atoms. The van der Waals surface area contributed by atoms with Crippen LogP contribution < -0.4 is 11.1 Å². The highest BCUT2D eigenvalue weighted by atomic mass is 35.5. The van der Waals surface area contributed by atoms with Gasteiger partial charge in [-0.25, -0.2) is 4.39 Å². The standard InChI is InChI=1S/C11H8F8N2O2.ClH/c12-7(11(17,18)19)9(13,14)10(15,16)8(23)21-5-1-4(20)2-6(22)3-5;/h1-3,7,22H,20H2,(H,21,23);1H. The summed E-state index contributed by atoms with van der Waals surface area (Å²) in [6.07, 6.45) is -11.6. The lowest BCUT2D eigenvalue weighted by atomic mass is 10.1. The first-order chi connectivity index (χ1) is 10.2. The minimum Gasteiger partial charge on any atom is -0.508 e. The van der Waals surface area contributed by atoms with Crippen LogP contribution >= 0.6 is 12.4 Å². The lowest BCUT2D eigenvalue weighted by Crippen LogP contribution is -2.58. The van der Waals surface area contributed by atoms with Crippen molar-refractivity contribution in [3.63, 3.8) is 0 Å². The summed E-state index contributed by atoms with van der Waals surface area (Å²) >= 11 is 0. The number of nitrogen functional groups attached to an aromatic ring is 1. The molecule has 1 rings (SSSR count). The van der Waals surface area contributed by atoms with Crippen LogP contribution in [0.2, 0.25) is 0 Å². The Hall–Kier alpha value is -1.98. The number of carbonyl (C=O) groups excluding carboxylic acids is 1. The molecule has 1 amide bonds. The maximum atomic E-state index is 13.3. The van der Waals surface area contributed by atoms with Gasteiger partial charge in [0.05, 0.1) is 0 Å². The largest absolute Gasteiger partial charge is 0.508 e. The fourth-order valence-electron chi connectivity index (χ4n) is 1.43. The number of carbonyl (C=O) groups is 1. The highest BCUT2D eigenvalue weighted by Crippen LogP contribution is 2.45. The van der Waals surface area contributed by atoms with Gasteiger partial charge in [0.25, 0.3) is 6.17 Å². The van der Waals surface area contributed by atoms with E-state index in [0.717, 1.165) is 17.4 Å². The number of rotatable bonds is 4. The third kappa shape index (κ3) is 4.30. The molecule has 1 aromatic carbocycles. The quantitative estimate of drug-likeness (QED) is 0.546. The minimum absolute atomic E-state index is 0. The summed E-state index contributed by atoms with van der Waals surface area (Å²) in [5.74, 6) is -15.9. The van der Waals surface area contributed by atoms with E-state index in [1.54, 1.807) is 0 Å². The van der Waals surface area contributed by atoms with Gasteiger partial charge in [-0.2, -0.15) is 30.7 Å². The number of halogens is 9. The minimum atomic E-state index is -6.35. The summed E-state index contributed by atoms with van der Waals surface area (Å²) in [4.78, 5) is 11.1. The van der Waals surface area contributed by atoms with Gasteiger partial charge < -0.3 is 16.2 Å². The molecule has 0 aromatic heterocycles. The predicted molar refractivity (Wildman–Crippen MR) is 69.2 cm³/mol. The first-order valence-corrected chi connectivity index (χ1v) is 5.57. The summed E-state index contributed by atoms with van der Waals surface area (Å²) in [5.41, 5.74) is 4.21. The van der Waals surface area contributed by atoms with Crippen molar-refractivity contribution in [1.29, 1.82) is 0 Å². The predicted octanol–water partition coefficient (Wildman–Crippen LogP) is 3.51. The van der Waals surface area contributed by atoms with E-state index in [0.29, 0.717) is 6.07 Å². The zero-order valence-corrected chi connectivity index (χ0v) is 12.0. The third-order valence-corrected chi connectivity index (χ3v) is 2.51. The van der Waals surface area contributed by atoms with Gasteiger partial charge in [-0.05, 0) is 6.07 Å². The van der Waals surface area contributed by atoms with Gasteiger partial charge in [0, 0.05) is 23.5 Å². The van der Waals surface area contributed by atoms with Gasteiger partial charge in [0.15, 0.2) is 0 Å². The second-order valence-corrected chi connectivity index (χ2v) is 4.37. The number of phenols is 1. The van der Waals surface area contributed by atoms with Crippen molar-refractivity contribution < 1.29 is 45.0 Å². The number of hydrogen-bond donors (Lipinski definition) is 3. The van der Waals surface area contributed by atoms with Crippen molar-refractivity contribution in [1.82, 2.24) is 0 Å². The van der Waals surface area contributed by atoms with E-state index in [2.05, 4.69) is 0 Å². The molecular weight excluding hydrogens is 380 g/mol. The summed E-state index contributed by atoms with van der Waals surface area (Å²) in [6.45, 7) is 0. The van der Waals surface area contributed by atoms with Crippen LogP contribution in [-0.2, 0) is 4.79 Å². The van der Waals surface area contributed by atoms with Crippen molar-refractivity contribution in [3.05, 3.63) is 18.2 Å². The van der Waals surface area contributed by atoms with Crippen molar-refractivity contribution >= 4 is 29.7 Å². The molecule has 0 saturated carbocycles. The molecule has 0 fully saturated rings. The Bertz CT molecular complexity index is 588. The SMILES string of the molecule is Cl.Nc1cc(O)cc(NC(=O)C(F)(F)C(F)(F)C(F)C(F)(F)F)c1. The van der Waals surface area contributed by atoms with Crippen LogP contribution in [0.1, 0.15) is 0 Å². The number of amides is 1. The van der Waals surface area contributed by atoms with E-state index in [4.69, 9.17) is 10.8 Å². The molecule has 0 radical (unpaired) electrons. The highest BCUT2D eigenvalue weighted by Gasteiger charge is 2.72. The van der Waals surface area contributed by atoms with Gasteiger partial charge in [0.1, 0.15) is 5.75 Å². The zero-order chi connectivity index (χ0) is 18.2. The Morgan fingerprint density at radius 1 is 1.08 bits per heavy atom. The number of nitrogens with two attached hydrogens (primary N) is 1. The molecule has 4 N–H and O–H groups in total. The van der Waals surface area contributed by atoms with Gasteiger partial charge >= 0.3 is 23.9 Å². The second-order valence-electron chi connectivity index (χ2n) is 4.37. The fraction of sp³-hybridized carbons (Fsp3) is 0.364. The number of anilines is 2. The van der Waals surface area contributed by atoms with Gasteiger partial charge in [0.2, 0.25) is 0 Å². The summed E-state index contributed by atoms with van der Waals surface area (Å²) in [7, 11) is 0. The smallest absolute Gasteiger partial charge is 0.425 e. The molecule has 1 aromatic rings. The van der Waals surface area contributed by atoms with Crippen LogP contribution in [-0.4, -0.2) is 35.2 Å².